The molecular weight excluding hydrogens is 677 g/mol. The van der Waals surface area contributed by atoms with Crippen molar-refractivity contribution in [1.29, 1.82) is 0 Å². The van der Waals surface area contributed by atoms with Gasteiger partial charge in [-0.3, -0.25) is 14.4 Å². The molecule has 0 radical (unpaired) electrons. The van der Waals surface area contributed by atoms with Gasteiger partial charge in [0, 0.05) is 37.8 Å². The zero-order valence-corrected chi connectivity index (χ0v) is 30.1. The SMILES string of the molecule is Cc1noc(C)c1S(=O)(=O)Nc1ccc2c(c1)C(=O)N([C@H](C)CO)C[C@H](C)[C@@H](CN(C)Cc1ccc(C(F)(F)F)cc1)OCCCC[C@H](C)O2. The summed E-state index contributed by atoms with van der Waals surface area (Å²) in [6.07, 6.45) is -2.84. The summed E-state index contributed by atoms with van der Waals surface area (Å²) in [5.74, 6) is -0.296. The van der Waals surface area contributed by atoms with Crippen LogP contribution in [0.4, 0.5) is 18.9 Å². The van der Waals surface area contributed by atoms with E-state index in [-0.39, 0.29) is 64.6 Å². The Hall–Kier alpha value is -3.66. The molecule has 11 nitrogen and oxygen atoms in total. The van der Waals surface area contributed by atoms with Crippen LogP contribution in [0.25, 0.3) is 0 Å². The number of alkyl halides is 3. The average Bonchev–Trinajstić information content (AvgIpc) is 3.40. The molecule has 0 spiro atoms. The highest BCUT2D eigenvalue weighted by Crippen LogP contribution is 2.31. The lowest BCUT2D eigenvalue weighted by Crippen LogP contribution is -2.47. The summed E-state index contributed by atoms with van der Waals surface area (Å²) in [5.41, 5.74) is 0.453. The van der Waals surface area contributed by atoms with Crippen molar-refractivity contribution in [3.63, 3.8) is 0 Å². The number of halogens is 3. The Balaban J connectivity index is 1.62. The fraction of sp³-hybridized carbons (Fsp3) is 0.543. The smallest absolute Gasteiger partial charge is 0.416 e. The van der Waals surface area contributed by atoms with Gasteiger partial charge in [-0.25, -0.2) is 8.42 Å². The number of nitrogens with zero attached hydrogens (tertiary/aromatic N) is 3. The van der Waals surface area contributed by atoms with Crippen LogP contribution < -0.4 is 9.46 Å². The normalized spacial score (nSPS) is 20.6. The molecule has 1 aliphatic rings. The molecule has 1 aromatic heterocycles. The van der Waals surface area contributed by atoms with Gasteiger partial charge in [0.1, 0.15) is 11.4 Å². The zero-order chi connectivity index (χ0) is 36.8. The Morgan fingerprint density at radius 3 is 2.44 bits per heavy atom. The number of carbonyl (C=O) groups is 1. The topological polar surface area (TPSA) is 134 Å². The molecule has 0 saturated carbocycles. The fourth-order valence-electron chi connectivity index (χ4n) is 6.00. The Bertz CT molecular complexity index is 1680. The molecule has 4 rings (SSSR count). The maximum Gasteiger partial charge on any atom is 0.416 e. The monoisotopic (exact) mass is 724 g/mol. The van der Waals surface area contributed by atoms with Gasteiger partial charge in [-0.05, 0) is 89.9 Å². The predicted molar refractivity (Wildman–Crippen MR) is 181 cm³/mol. The first kappa shape index (κ1) is 39.1. The third-order valence-corrected chi connectivity index (χ3v) is 10.4. The van der Waals surface area contributed by atoms with E-state index in [4.69, 9.17) is 14.0 Å². The Morgan fingerprint density at radius 2 is 1.82 bits per heavy atom. The van der Waals surface area contributed by atoms with Gasteiger partial charge in [-0.2, -0.15) is 13.2 Å². The van der Waals surface area contributed by atoms with E-state index in [0.717, 1.165) is 25.0 Å². The van der Waals surface area contributed by atoms with Crippen molar-refractivity contribution in [2.45, 2.75) is 89.7 Å². The Labute approximate surface area is 291 Å². The second kappa shape index (κ2) is 16.6. The minimum Gasteiger partial charge on any atom is -0.490 e. The zero-order valence-electron chi connectivity index (χ0n) is 29.3. The number of likely N-dealkylation sites (N-methyl/N-ethyl adjacent to an activating group) is 1. The number of ether oxygens (including phenoxy) is 2. The summed E-state index contributed by atoms with van der Waals surface area (Å²) in [4.78, 5) is 17.8. The van der Waals surface area contributed by atoms with Gasteiger partial charge in [0.2, 0.25) is 0 Å². The summed E-state index contributed by atoms with van der Waals surface area (Å²) < 4.78 is 86.0. The fourth-order valence-corrected chi connectivity index (χ4v) is 7.38. The lowest BCUT2D eigenvalue weighted by atomic mass is 10.0. The Morgan fingerprint density at radius 1 is 1.12 bits per heavy atom. The van der Waals surface area contributed by atoms with E-state index >= 15 is 0 Å². The van der Waals surface area contributed by atoms with Crippen molar-refractivity contribution >= 4 is 21.6 Å². The first-order chi connectivity index (χ1) is 23.5. The van der Waals surface area contributed by atoms with Gasteiger partial charge >= 0.3 is 6.18 Å². The van der Waals surface area contributed by atoms with Crippen LogP contribution in [-0.4, -0.2) is 86.0 Å². The molecule has 2 heterocycles. The quantitative estimate of drug-likeness (QED) is 0.271. The van der Waals surface area contributed by atoms with Gasteiger partial charge < -0.3 is 24.0 Å². The lowest BCUT2D eigenvalue weighted by Gasteiger charge is -2.36. The number of amides is 1. The van der Waals surface area contributed by atoms with E-state index in [9.17, 15) is 31.5 Å². The second-order valence-electron chi connectivity index (χ2n) is 13.2. The molecule has 50 heavy (non-hydrogen) atoms. The van der Waals surface area contributed by atoms with Crippen LogP contribution in [0.3, 0.4) is 0 Å². The summed E-state index contributed by atoms with van der Waals surface area (Å²) in [5, 5.41) is 14.0. The summed E-state index contributed by atoms with van der Waals surface area (Å²) in [6, 6.07) is 8.97. The molecule has 276 valence electrons. The number of benzene rings is 2. The minimum atomic E-state index is -4.41. The van der Waals surface area contributed by atoms with Crippen molar-refractivity contribution < 1.29 is 45.5 Å². The number of aryl methyl sites for hydroxylation is 2. The second-order valence-corrected chi connectivity index (χ2v) is 14.8. The molecule has 2 aromatic carbocycles. The lowest BCUT2D eigenvalue weighted by molar-refractivity contribution is -0.137. The first-order valence-electron chi connectivity index (χ1n) is 16.6. The van der Waals surface area contributed by atoms with Gasteiger partial charge in [0.15, 0.2) is 10.7 Å². The number of sulfonamides is 1. The molecule has 0 bridgehead atoms. The number of rotatable bonds is 9. The van der Waals surface area contributed by atoms with Gasteiger partial charge in [-0.15, -0.1) is 0 Å². The van der Waals surface area contributed by atoms with Gasteiger partial charge in [0.05, 0.1) is 36.0 Å². The highest BCUT2D eigenvalue weighted by molar-refractivity contribution is 7.92. The van der Waals surface area contributed by atoms with Gasteiger partial charge in [0.25, 0.3) is 15.9 Å². The molecule has 0 fully saturated rings. The number of aliphatic hydroxyl groups is 1. The standard InChI is InChI=1S/C35H47F3N4O7S/c1-22-18-42(23(2)21-43)34(44)30-17-29(40-50(45,46)33-25(4)39-49-26(33)5)14-15-31(30)48-24(3)9-7-8-16-47-32(22)20-41(6)19-27-10-12-28(13-11-27)35(36,37)38/h10-15,17,22-24,32,40,43H,7-9,16,18-21H2,1-6H3/t22-,23+,24-,32+/m0/s1. The van der Waals surface area contributed by atoms with E-state index in [0.29, 0.717) is 31.7 Å². The third-order valence-electron chi connectivity index (χ3n) is 8.77. The van der Waals surface area contributed by atoms with Crippen LogP contribution in [0, 0.1) is 19.8 Å². The molecule has 3 aromatic rings. The molecule has 1 aliphatic heterocycles. The number of carbonyl (C=O) groups excluding carboxylic acids is 1. The van der Waals surface area contributed by atoms with E-state index < -0.39 is 33.7 Å². The van der Waals surface area contributed by atoms with Crippen molar-refractivity contribution in [3.05, 3.63) is 70.6 Å². The molecular formula is C35H47F3N4O7S. The van der Waals surface area contributed by atoms with E-state index in [1.807, 2.05) is 25.8 Å². The molecule has 2 N–H and O–H groups in total. The highest BCUT2D eigenvalue weighted by atomic mass is 32.2. The minimum absolute atomic E-state index is 0.0903. The number of fused-ring (bicyclic) bond motifs is 1. The molecule has 15 heteroatoms. The number of nitrogens with one attached hydrogen (secondary N) is 1. The van der Waals surface area contributed by atoms with Crippen molar-refractivity contribution in [2.75, 3.05) is 38.1 Å². The van der Waals surface area contributed by atoms with E-state index in [2.05, 4.69) is 9.88 Å². The van der Waals surface area contributed by atoms with Crippen molar-refractivity contribution in [3.8, 4) is 5.75 Å². The number of anilines is 1. The summed E-state index contributed by atoms with van der Waals surface area (Å²) >= 11 is 0. The molecule has 0 saturated heterocycles. The summed E-state index contributed by atoms with van der Waals surface area (Å²) in [7, 11) is -2.25. The molecule has 4 atom stereocenters. The molecule has 1 amide bonds. The highest BCUT2D eigenvalue weighted by Gasteiger charge is 2.32. The number of aliphatic hydroxyl groups excluding tert-OH is 1. The average molecular weight is 725 g/mol. The van der Waals surface area contributed by atoms with Crippen LogP contribution in [0.15, 0.2) is 51.9 Å². The number of aromatic nitrogens is 1. The largest absolute Gasteiger partial charge is 0.490 e. The van der Waals surface area contributed by atoms with Crippen molar-refractivity contribution in [2.24, 2.45) is 5.92 Å². The van der Waals surface area contributed by atoms with E-state index in [1.54, 1.807) is 13.0 Å². The number of hydrogen-bond acceptors (Lipinski definition) is 9. The first-order valence-corrected chi connectivity index (χ1v) is 18.1. The van der Waals surface area contributed by atoms with Crippen LogP contribution in [0.5, 0.6) is 5.75 Å². The number of hydrogen-bond donors (Lipinski definition) is 2. The summed E-state index contributed by atoms with van der Waals surface area (Å²) in [6.45, 7) is 9.70. The maximum atomic E-state index is 14.4. The van der Waals surface area contributed by atoms with Crippen LogP contribution in [0.1, 0.15) is 73.0 Å². The van der Waals surface area contributed by atoms with Crippen LogP contribution >= 0.6 is 0 Å². The Kier molecular flexibility index (Phi) is 13.0. The van der Waals surface area contributed by atoms with Crippen LogP contribution in [0.2, 0.25) is 0 Å². The third kappa shape index (κ3) is 9.98. The van der Waals surface area contributed by atoms with Crippen LogP contribution in [-0.2, 0) is 27.5 Å². The van der Waals surface area contributed by atoms with E-state index in [1.165, 1.54) is 43.0 Å². The predicted octanol–water partition coefficient (Wildman–Crippen LogP) is 6.04. The van der Waals surface area contributed by atoms with Gasteiger partial charge in [-0.1, -0.05) is 24.2 Å². The van der Waals surface area contributed by atoms with Crippen molar-refractivity contribution in [1.82, 2.24) is 15.0 Å². The molecule has 0 aliphatic carbocycles. The molecule has 0 unspecified atom stereocenters. The maximum absolute atomic E-state index is 14.4.